The Labute approximate surface area is 119 Å². The molecule has 0 aliphatic heterocycles. The summed E-state index contributed by atoms with van der Waals surface area (Å²) in [5.41, 5.74) is 1.20. The van der Waals surface area contributed by atoms with E-state index in [1.807, 2.05) is 6.92 Å². The van der Waals surface area contributed by atoms with Gasteiger partial charge in [-0.05, 0) is 36.4 Å². The molecule has 0 aliphatic rings. The number of hydrogen-bond acceptors (Lipinski definition) is 1. The monoisotopic (exact) mass is 325 g/mol. The Morgan fingerprint density at radius 2 is 1.84 bits per heavy atom. The van der Waals surface area contributed by atoms with Crippen LogP contribution in [0.15, 0.2) is 46.9 Å². The van der Waals surface area contributed by atoms with Gasteiger partial charge in [-0.1, -0.05) is 41.1 Å². The number of benzene rings is 2. The topological polar surface area (TPSA) is 12.0 Å². The van der Waals surface area contributed by atoms with Crippen LogP contribution in [-0.2, 0) is 0 Å². The van der Waals surface area contributed by atoms with Gasteiger partial charge in [-0.3, -0.25) is 0 Å². The summed E-state index contributed by atoms with van der Waals surface area (Å²) in [7, 11) is 0. The second kappa shape index (κ2) is 6.26. The lowest BCUT2D eigenvalue weighted by Gasteiger charge is -2.21. The summed E-state index contributed by atoms with van der Waals surface area (Å²) in [6.45, 7) is 2.59. The maximum atomic E-state index is 13.9. The molecule has 0 saturated carbocycles. The fraction of sp³-hybridized carbons (Fsp3) is 0.200. The molecule has 0 bridgehead atoms. The van der Waals surface area contributed by atoms with Crippen molar-refractivity contribution in [3.05, 3.63) is 69.7 Å². The van der Waals surface area contributed by atoms with Crippen molar-refractivity contribution >= 4 is 15.9 Å². The minimum Gasteiger partial charge on any atom is -0.306 e. The number of hydrogen-bond donors (Lipinski definition) is 1. The van der Waals surface area contributed by atoms with Crippen molar-refractivity contribution in [2.45, 2.75) is 13.0 Å². The molecule has 19 heavy (non-hydrogen) atoms. The van der Waals surface area contributed by atoms with Gasteiger partial charge in [-0.2, -0.15) is 0 Å². The average Bonchev–Trinajstić information content (AvgIpc) is 2.40. The van der Waals surface area contributed by atoms with Gasteiger partial charge in [-0.25, -0.2) is 8.78 Å². The smallest absolute Gasteiger partial charge is 0.128 e. The first-order valence-electron chi connectivity index (χ1n) is 6.06. The van der Waals surface area contributed by atoms with Gasteiger partial charge in [0.2, 0.25) is 0 Å². The number of rotatable bonds is 4. The predicted octanol–water partition coefficient (Wildman–Crippen LogP) is 4.43. The van der Waals surface area contributed by atoms with E-state index in [1.54, 1.807) is 24.3 Å². The van der Waals surface area contributed by atoms with Crippen molar-refractivity contribution in [1.29, 1.82) is 0 Å². The lowest BCUT2D eigenvalue weighted by molar-refractivity contribution is 0.553. The van der Waals surface area contributed by atoms with Gasteiger partial charge in [-0.15, -0.1) is 0 Å². The minimum atomic E-state index is -0.378. The van der Waals surface area contributed by atoms with E-state index in [1.165, 1.54) is 18.2 Å². The van der Waals surface area contributed by atoms with E-state index < -0.39 is 0 Å². The van der Waals surface area contributed by atoms with Crippen molar-refractivity contribution in [1.82, 2.24) is 5.32 Å². The van der Waals surface area contributed by atoms with E-state index in [2.05, 4.69) is 21.2 Å². The quantitative estimate of drug-likeness (QED) is 0.877. The Balaban J connectivity index is 2.51. The highest BCUT2D eigenvalue weighted by molar-refractivity contribution is 9.10. The normalized spacial score (nSPS) is 12.4. The van der Waals surface area contributed by atoms with E-state index >= 15 is 0 Å². The van der Waals surface area contributed by atoms with Crippen molar-refractivity contribution in [3.63, 3.8) is 0 Å². The maximum absolute atomic E-state index is 13.9. The van der Waals surface area contributed by atoms with Crippen molar-refractivity contribution in [2.24, 2.45) is 0 Å². The summed E-state index contributed by atoms with van der Waals surface area (Å²) < 4.78 is 28.1. The van der Waals surface area contributed by atoms with Crippen LogP contribution in [0.1, 0.15) is 24.1 Å². The van der Waals surface area contributed by atoms with Gasteiger partial charge in [0.05, 0.1) is 6.04 Å². The summed E-state index contributed by atoms with van der Waals surface area (Å²) >= 11 is 3.39. The lowest BCUT2D eigenvalue weighted by Crippen LogP contribution is -2.23. The average molecular weight is 326 g/mol. The highest BCUT2D eigenvalue weighted by Gasteiger charge is 2.19. The summed E-state index contributed by atoms with van der Waals surface area (Å²) in [6, 6.07) is 10.6. The van der Waals surface area contributed by atoms with Crippen LogP contribution in [0.4, 0.5) is 8.78 Å². The zero-order chi connectivity index (χ0) is 13.8. The third kappa shape index (κ3) is 3.19. The van der Waals surface area contributed by atoms with Gasteiger partial charge in [0, 0.05) is 10.0 Å². The SMILES string of the molecule is CCNC(c1ccccc1F)c1cc(F)ccc1Br. The molecule has 2 aromatic rings. The third-order valence-electron chi connectivity index (χ3n) is 2.89. The van der Waals surface area contributed by atoms with E-state index in [-0.39, 0.29) is 17.7 Å². The maximum Gasteiger partial charge on any atom is 0.128 e. The Morgan fingerprint density at radius 1 is 1.11 bits per heavy atom. The summed E-state index contributed by atoms with van der Waals surface area (Å²) in [6.07, 6.45) is 0. The molecule has 1 nitrogen and oxygen atoms in total. The Hall–Kier alpha value is -1.26. The van der Waals surface area contributed by atoms with Crippen LogP contribution < -0.4 is 5.32 Å². The first kappa shape index (κ1) is 14.2. The van der Waals surface area contributed by atoms with E-state index in [9.17, 15) is 8.78 Å². The summed E-state index contributed by atoms with van der Waals surface area (Å²) in [4.78, 5) is 0. The molecule has 0 radical (unpaired) electrons. The van der Waals surface area contributed by atoms with Crippen molar-refractivity contribution in [3.8, 4) is 0 Å². The molecule has 0 amide bonds. The second-order valence-corrected chi connectivity index (χ2v) is 5.03. The molecule has 0 spiro atoms. The van der Waals surface area contributed by atoms with Gasteiger partial charge in [0.1, 0.15) is 11.6 Å². The molecule has 1 N–H and O–H groups in total. The zero-order valence-electron chi connectivity index (χ0n) is 10.5. The molecule has 0 saturated heterocycles. The molecule has 4 heteroatoms. The minimum absolute atomic E-state index is 0.301. The summed E-state index contributed by atoms with van der Waals surface area (Å²) in [5.74, 6) is -0.637. The predicted molar refractivity (Wildman–Crippen MR) is 76.0 cm³/mol. The van der Waals surface area contributed by atoms with E-state index in [0.29, 0.717) is 17.7 Å². The molecule has 0 fully saturated rings. The van der Waals surface area contributed by atoms with E-state index in [4.69, 9.17) is 0 Å². The molecule has 2 rings (SSSR count). The standard InChI is InChI=1S/C15H14BrF2N/c1-2-19-15(11-5-3-4-6-14(11)18)12-9-10(17)7-8-13(12)16/h3-9,15,19H,2H2,1H3. The van der Waals surface area contributed by atoms with Crippen LogP contribution in [-0.4, -0.2) is 6.54 Å². The van der Waals surface area contributed by atoms with Gasteiger partial charge in [0.15, 0.2) is 0 Å². The van der Waals surface area contributed by atoms with Crippen LogP contribution in [0.5, 0.6) is 0 Å². The number of halogens is 3. The molecule has 0 aliphatic carbocycles. The van der Waals surface area contributed by atoms with Crippen molar-refractivity contribution in [2.75, 3.05) is 6.54 Å². The number of nitrogens with one attached hydrogen (secondary N) is 1. The van der Waals surface area contributed by atoms with Crippen LogP contribution in [0.3, 0.4) is 0 Å². The lowest BCUT2D eigenvalue weighted by atomic mass is 9.98. The Kier molecular flexibility index (Phi) is 4.66. The molecule has 100 valence electrons. The van der Waals surface area contributed by atoms with Gasteiger partial charge in [0.25, 0.3) is 0 Å². The van der Waals surface area contributed by atoms with Crippen molar-refractivity contribution < 1.29 is 8.78 Å². The molecule has 1 atom stereocenters. The molecule has 1 unspecified atom stereocenters. The van der Waals surface area contributed by atoms with Crippen LogP contribution in [0, 0.1) is 11.6 Å². The molecule has 2 aromatic carbocycles. The molecule has 0 heterocycles. The third-order valence-corrected chi connectivity index (χ3v) is 3.62. The molecular weight excluding hydrogens is 312 g/mol. The second-order valence-electron chi connectivity index (χ2n) is 4.18. The first-order valence-corrected chi connectivity index (χ1v) is 6.85. The Bertz CT molecular complexity index is 572. The Morgan fingerprint density at radius 3 is 2.53 bits per heavy atom. The van der Waals surface area contributed by atoms with E-state index in [0.717, 1.165) is 4.47 Å². The first-order chi connectivity index (χ1) is 9.13. The molecular formula is C15H14BrF2N. The summed E-state index contributed by atoms with van der Waals surface area (Å²) in [5, 5.41) is 3.19. The zero-order valence-corrected chi connectivity index (χ0v) is 12.0. The van der Waals surface area contributed by atoms with Gasteiger partial charge < -0.3 is 5.32 Å². The van der Waals surface area contributed by atoms with Crippen LogP contribution in [0.25, 0.3) is 0 Å². The highest BCUT2D eigenvalue weighted by atomic mass is 79.9. The largest absolute Gasteiger partial charge is 0.306 e. The van der Waals surface area contributed by atoms with Crippen LogP contribution in [0.2, 0.25) is 0 Å². The fourth-order valence-corrected chi connectivity index (χ4v) is 2.51. The fourth-order valence-electron chi connectivity index (χ4n) is 2.04. The molecule has 0 aromatic heterocycles. The van der Waals surface area contributed by atoms with Gasteiger partial charge >= 0.3 is 0 Å². The highest BCUT2D eigenvalue weighted by Crippen LogP contribution is 2.30. The van der Waals surface area contributed by atoms with Crippen LogP contribution >= 0.6 is 15.9 Å².